The fraction of sp³-hybridized carbons (Fsp3) is 0.421. The second-order valence-electron chi connectivity index (χ2n) is 7.87. The summed E-state index contributed by atoms with van der Waals surface area (Å²) in [4.78, 5) is 31.9. The van der Waals surface area contributed by atoms with Crippen LogP contribution in [0.4, 0.5) is 4.79 Å². The molecule has 1 aliphatic rings. The summed E-state index contributed by atoms with van der Waals surface area (Å²) in [6, 6.07) is 7.83. The maximum absolute atomic E-state index is 12.5. The standard InChI is InChI=1S/C19H23N5O3/c1-19(2,3)27-18(26)22-23-9-8-12(10-23)24-11-14-13-6-4-5-7-15(13)20-16(14)21-17(24)25/h4-7,11-12H,8-10H2,1-3H3,(H,22,26)(H,20,21,25). The lowest BCUT2D eigenvalue weighted by Gasteiger charge is -2.23. The number of amides is 1. The molecule has 8 heteroatoms. The summed E-state index contributed by atoms with van der Waals surface area (Å²) < 4.78 is 6.95. The lowest BCUT2D eigenvalue weighted by molar-refractivity contribution is 0.0361. The van der Waals surface area contributed by atoms with E-state index in [4.69, 9.17) is 4.74 Å². The molecule has 1 atom stereocenters. The van der Waals surface area contributed by atoms with Crippen molar-refractivity contribution in [3.63, 3.8) is 0 Å². The molecule has 0 aliphatic carbocycles. The van der Waals surface area contributed by atoms with Crippen molar-refractivity contribution in [1.29, 1.82) is 0 Å². The molecule has 142 valence electrons. The molecule has 2 N–H and O–H groups in total. The highest BCUT2D eigenvalue weighted by molar-refractivity contribution is 6.05. The molecule has 1 saturated heterocycles. The normalized spacial score (nSPS) is 18.3. The van der Waals surface area contributed by atoms with Crippen LogP contribution in [-0.4, -0.2) is 44.3 Å². The van der Waals surface area contributed by atoms with Gasteiger partial charge in [-0.2, -0.15) is 4.98 Å². The van der Waals surface area contributed by atoms with Crippen LogP contribution in [0, 0.1) is 0 Å². The van der Waals surface area contributed by atoms with Crippen LogP contribution in [0.3, 0.4) is 0 Å². The predicted octanol–water partition coefficient (Wildman–Crippen LogP) is 2.56. The van der Waals surface area contributed by atoms with Crippen LogP contribution in [0.15, 0.2) is 35.3 Å². The molecule has 1 amide bonds. The zero-order chi connectivity index (χ0) is 19.2. The number of hydrogen-bond acceptors (Lipinski definition) is 5. The van der Waals surface area contributed by atoms with Gasteiger partial charge in [-0.05, 0) is 33.3 Å². The van der Waals surface area contributed by atoms with Crippen molar-refractivity contribution in [3.8, 4) is 0 Å². The third-order valence-corrected chi connectivity index (χ3v) is 4.63. The van der Waals surface area contributed by atoms with Gasteiger partial charge >= 0.3 is 11.8 Å². The third kappa shape index (κ3) is 3.52. The van der Waals surface area contributed by atoms with E-state index in [0.717, 1.165) is 22.7 Å². The minimum Gasteiger partial charge on any atom is -0.443 e. The van der Waals surface area contributed by atoms with Gasteiger partial charge in [-0.3, -0.25) is 9.99 Å². The maximum Gasteiger partial charge on any atom is 0.422 e. The van der Waals surface area contributed by atoms with Crippen molar-refractivity contribution in [2.24, 2.45) is 0 Å². The molecule has 3 aromatic rings. The van der Waals surface area contributed by atoms with Gasteiger partial charge in [-0.15, -0.1) is 0 Å². The lowest BCUT2D eigenvalue weighted by atomic mass is 10.2. The zero-order valence-corrected chi connectivity index (χ0v) is 15.7. The topological polar surface area (TPSA) is 92.2 Å². The molecule has 27 heavy (non-hydrogen) atoms. The van der Waals surface area contributed by atoms with Crippen LogP contribution >= 0.6 is 0 Å². The van der Waals surface area contributed by atoms with Gasteiger partial charge in [0.2, 0.25) is 0 Å². The Morgan fingerprint density at radius 3 is 2.85 bits per heavy atom. The summed E-state index contributed by atoms with van der Waals surface area (Å²) in [5.41, 5.74) is 3.45. The summed E-state index contributed by atoms with van der Waals surface area (Å²) in [5, 5.41) is 3.74. The fourth-order valence-corrected chi connectivity index (χ4v) is 3.48. The van der Waals surface area contributed by atoms with Crippen molar-refractivity contribution >= 4 is 28.0 Å². The summed E-state index contributed by atoms with van der Waals surface area (Å²) in [6.45, 7) is 6.63. The van der Waals surface area contributed by atoms with Crippen LogP contribution < -0.4 is 11.1 Å². The predicted molar refractivity (Wildman–Crippen MR) is 102 cm³/mol. The van der Waals surface area contributed by atoms with Gasteiger partial charge < -0.3 is 9.72 Å². The number of carbonyl (C=O) groups is 1. The molecular weight excluding hydrogens is 346 g/mol. The van der Waals surface area contributed by atoms with Crippen LogP contribution in [0.25, 0.3) is 21.9 Å². The Kier molecular flexibility index (Phi) is 4.15. The van der Waals surface area contributed by atoms with E-state index in [1.807, 2.05) is 51.2 Å². The van der Waals surface area contributed by atoms with E-state index in [1.165, 1.54) is 0 Å². The van der Waals surface area contributed by atoms with Crippen molar-refractivity contribution in [2.45, 2.75) is 38.8 Å². The van der Waals surface area contributed by atoms with Gasteiger partial charge in [0, 0.05) is 35.6 Å². The Morgan fingerprint density at radius 1 is 1.30 bits per heavy atom. The van der Waals surface area contributed by atoms with Gasteiger partial charge in [0.25, 0.3) is 0 Å². The summed E-state index contributed by atoms with van der Waals surface area (Å²) in [7, 11) is 0. The Bertz CT molecular complexity index is 1060. The minimum atomic E-state index is -0.551. The average molecular weight is 369 g/mol. The number of nitrogens with one attached hydrogen (secondary N) is 2. The quantitative estimate of drug-likeness (QED) is 0.724. The van der Waals surface area contributed by atoms with E-state index in [9.17, 15) is 9.59 Å². The molecule has 1 aromatic carbocycles. The molecule has 1 fully saturated rings. The number of aromatic amines is 1. The Labute approximate surface area is 156 Å². The monoisotopic (exact) mass is 369 g/mol. The summed E-state index contributed by atoms with van der Waals surface area (Å²) in [5.74, 6) is 0. The number of carbonyl (C=O) groups excluding carboxylic acids is 1. The van der Waals surface area contributed by atoms with Crippen molar-refractivity contribution in [3.05, 3.63) is 40.9 Å². The number of para-hydroxylation sites is 1. The third-order valence-electron chi connectivity index (χ3n) is 4.63. The highest BCUT2D eigenvalue weighted by atomic mass is 16.6. The second-order valence-corrected chi connectivity index (χ2v) is 7.87. The molecule has 0 bridgehead atoms. The van der Waals surface area contributed by atoms with E-state index in [-0.39, 0.29) is 11.7 Å². The number of H-pyrrole nitrogens is 1. The minimum absolute atomic E-state index is 0.0574. The molecular formula is C19H23N5O3. The zero-order valence-electron chi connectivity index (χ0n) is 15.7. The van der Waals surface area contributed by atoms with Crippen molar-refractivity contribution < 1.29 is 9.53 Å². The smallest absolute Gasteiger partial charge is 0.422 e. The highest BCUT2D eigenvalue weighted by Crippen LogP contribution is 2.25. The highest BCUT2D eigenvalue weighted by Gasteiger charge is 2.28. The van der Waals surface area contributed by atoms with E-state index in [1.54, 1.807) is 9.58 Å². The molecule has 3 heterocycles. The molecule has 0 radical (unpaired) electrons. The van der Waals surface area contributed by atoms with Crippen molar-refractivity contribution in [2.75, 3.05) is 13.1 Å². The largest absolute Gasteiger partial charge is 0.443 e. The van der Waals surface area contributed by atoms with Crippen LogP contribution in [0.2, 0.25) is 0 Å². The Morgan fingerprint density at radius 2 is 2.07 bits per heavy atom. The first kappa shape index (κ1) is 17.5. The first-order valence-corrected chi connectivity index (χ1v) is 9.04. The first-order valence-electron chi connectivity index (χ1n) is 9.04. The lowest BCUT2D eigenvalue weighted by Crippen LogP contribution is -2.43. The Balaban J connectivity index is 1.56. The number of benzene rings is 1. The number of aromatic nitrogens is 3. The SMILES string of the molecule is CC(C)(C)OC(=O)NN1CCC(n2cc3c(nc2=O)[nH]c2ccccc23)C1. The molecule has 2 aromatic heterocycles. The van der Waals surface area contributed by atoms with Gasteiger partial charge in [0.1, 0.15) is 11.2 Å². The number of hydrazine groups is 1. The van der Waals surface area contributed by atoms with E-state index in [2.05, 4.69) is 15.4 Å². The van der Waals surface area contributed by atoms with Crippen LogP contribution in [0.1, 0.15) is 33.2 Å². The van der Waals surface area contributed by atoms with Crippen LogP contribution in [0.5, 0.6) is 0 Å². The second kappa shape index (κ2) is 6.38. The van der Waals surface area contributed by atoms with E-state index < -0.39 is 11.7 Å². The fourth-order valence-electron chi connectivity index (χ4n) is 3.48. The molecule has 4 rings (SSSR count). The summed E-state index contributed by atoms with van der Waals surface area (Å²) in [6.07, 6.45) is 2.12. The van der Waals surface area contributed by atoms with Gasteiger partial charge in [-0.25, -0.2) is 14.6 Å². The first-order chi connectivity index (χ1) is 12.8. The molecule has 1 aliphatic heterocycles. The Hall–Kier alpha value is -2.87. The number of fused-ring (bicyclic) bond motifs is 3. The van der Waals surface area contributed by atoms with Gasteiger partial charge in [0.15, 0.2) is 0 Å². The molecule has 0 saturated carbocycles. The maximum atomic E-state index is 12.5. The van der Waals surface area contributed by atoms with Crippen molar-refractivity contribution in [1.82, 2.24) is 25.0 Å². The number of ether oxygens (including phenoxy) is 1. The summed E-state index contributed by atoms with van der Waals surface area (Å²) >= 11 is 0. The molecule has 0 spiro atoms. The average Bonchev–Trinajstić information content (AvgIpc) is 3.16. The number of nitrogens with zero attached hydrogens (tertiary/aromatic N) is 3. The van der Waals surface area contributed by atoms with E-state index in [0.29, 0.717) is 18.7 Å². The number of rotatable bonds is 2. The van der Waals surface area contributed by atoms with Crippen LogP contribution in [-0.2, 0) is 4.74 Å². The number of hydrogen-bond donors (Lipinski definition) is 2. The van der Waals surface area contributed by atoms with Gasteiger partial charge in [-0.1, -0.05) is 18.2 Å². The van der Waals surface area contributed by atoms with Gasteiger partial charge in [0.05, 0.1) is 6.04 Å². The molecule has 8 nitrogen and oxygen atoms in total. The van der Waals surface area contributed by atoms with E-state index >= 15 is 0 Å². The molecule has 1 unspecified atom stereocenters.